The van der Waals surface area contributed by atoms with Gasteiger partial charge in [-0.3, -0.25) is 14.9 Å². The fourth-order valence-corrected chi connectivity index (χ4v) is 1.83. The van der Waals surface area contributed by atoms with Crippen molar-refractivity contribution < 1.29 is 19.6 Å². The Bertz CT molecular complexity index is 575. The standard InChI is InChI=1S/C14H20N4O5/c1-4-8(2)12(14(20)21)17-13(19)9(3)16-11-6-5-10(7-15-11)18(22)23/h5-9,12H,4H2,1-3H3,(H,15,16)(H,17,19)(H,20,21). The quantitative estimate of drug-likeness (QED) is 0.486. The number of rotatable bonds is 8. The van der Waals surface area contributed by atoms with Crippen molar-refractivity contribution in [2.45, 2.75) is 39.3 Å². The molecule has 9 heteroatoms. The summed E-state index contributed by atoms with van der Waals surface area (Å²) >= 11 is 0. The van der Waals surface area contributed by atoms with Crippen LogP contribution in [-0.4, -0.2) is 39.0 Å². The number of nitro groups is 1. The van der Waals surface area contributed by atoms with Gasteiger partial charge < -0.3 is 15.7 Å². The minimum absolute atomic E-state index is 0.157. The van der Waals surface area contributed by atoms with E-state index in [0.29, 0.717) is 6.42 Å². The summed E-state index contributed by atoms with van der Waals surface area (Å²) in [4.78, 5) is 37.1. The van der Waals surface area contributed by atoms with Crippen molar-refractivity contribution in [2.75, 3.05) is 5.32 Å². The molecule has 1 aromatic rings. The molecule has 1 aromatic heterocycles. The summed E-state index contributed by atoms with van der Waals surface area (Å²) in [6, 6.07) is 0.932. The molecule has 0 aliphatic rings. The van der Waals surface area contributed by atoms with E-state index < -0.39 is 28.9 Å². The van der Waals surface area contributed by atoms with E-state index in [-0.39, 0.29) is 17.4 Å². The van der Waals surface area contributed by atoms with Crippen LogP contribution in [0.25, 0.3) is 0 Å². The van der Waals surface area contributed by atoms with Crippen LogP contribution in [0.2, 0.25) is 0 Å². The number of carboxylic acids is 1. The number of hydrogen-bond acceptors (Lipinski definition) is 6. The molecule has 1 heterocycles. The van der Waals surface area contributed by atoms with Crippen LogP contribution in [0, 0.1) is 16.0 Å². The summed E-state index contributed by atoms with van der Waals surface area (Å²) in [6.07, 6.45) is 1.69. The van der Waals surface area contributed by atoms with Gasteiger partial charge >= 0.3 is 5.97 Å². The normalized spacial score (nSPS) is 14.4. The van der Waals surface area contributed by atoms with Gasteiger partial charge in [-0.25, -0.2) is 9.78 Å². The first-order valence-corrected chi connectivity index (χ1v) is 7.16. The molecule has 0 saturated carbocycles. The summed E-state index contributed by atoms with van der Waals surface area (Å²) in [6.45, 7) is 5.14. The number of aliphatic carboxylic acids is 1. The number of carboxylic acid groups (broad SMARTS) is 1. The number of aromatic nitrogens is 1. The average Bonchev–Trinajstić information content (AvgIpc) is 2.51. The third kappa shape index (κ3) is 5.20. The van der Waals surface area contributed by atoms with E-state index in [1.807, 2.05) is 6.92 Å². The molecule has 3 atom stereocenters. The molecular formula is C14H20N4O5. The lowest BCUT2D eigenvalue weighted by Crippen LogP contribution is -2.49. The maximum atomic E-state index is 12.1. The van der Waals surface area contributed by atoms with Crippen LogP contribution in [0.15, 0.2) is 18.3 Å². The number of amides is 1. The van der Waals surface area contributed by atoms with E-state index in [1.54, 1.807) is 13.8 Å². The smallest absolute Gasteiger partial charge is 0.326 e. The van der Waals surface area contributed by atoms with Crippen molar-refractivity contribution in [1.82, 2.24) is 10.3 Å². The predicted molar refractivity (Wildman–Crippen MR) is 83.0 cm³/mol. The first-order valence-electron chi connectivity index (χ1n) is 7.16. The van der Waals surface area contributed by atoms with Crippen molar-refractivity contribution in [3.05, 3.63) is 28.4 Å². The molecule has 9 nitrogen and oxygen atoms in total. The molecule has 0 radical (unpaired) electrons. The Balaban J connectivity index is 2.69. The van der Waals surface area contributed by atoms with Crippen LogP contribution in [0.4, 0.5) is 11.5 Å². The first-order chi connectivity index (χ1) is 10.8. The maximum absolute atomic E-state index is 12.1. The van der Waals surface area contributed by atoms with E-state index in [0.717, 1.165) is 6.20 Å². The monoisotopic (exact) mass is 324 g/mol. The third-order valence-electron chi connectivity index (χ3n) is 3.49. The SMILES string of the molecule is CCC(C)C(NC(=O)C(C)Nc1ccc([N+](=O)[O-])cn1)C(=O)O. The Morgan fingerprint density at radius 3 is 2.48 bits per heavy atom. The molecule has 3 N–H and O–H groups in total. The van der Waals surface area contributed by atoms with Crippen LogP contribution < -0.4 is 10.6 Å². The Hall–Kier alpha value is -2.71. The number of carbonyl (C=O) groups excluding carboxylic acids is 1. The van der Waals surface area contributed by atoms with Gasteiger partial charge in [-0.1, -0.05) is 20.3 Å². The highest BCUT2D eigenvalue weighted by Gasteiger charge is 2.27. The lowest BCUT2D eigenvalue weighted by atomic mass is 9.99. The highest BCUT2D eigenvalue weighted by Crippen LogP contribution is 2.13. The van der Waals surface area contributed by atoms with Crippen LogP contribution in [-0.2, 0) is 9.59 Å². The largest absolute Gasteiger partial charge is 0.480 e. The molecule has 1 amide bonds. The Morgan fingerprint density at radius 2 is 2.04 bits per heavy atom. The second-order valence-corrected chi connectivity index (χ2v) is 5.23. The van der Waals surface area contributed by atoms with Crippen molar-refractivity contribution in [3.8, 4) is 0 Å². The van der Waals surface area contributed by atoms with Gasteiger partial charge in [0.25, 0.3) is 5.69 Å². The molecule has 0 aliphatic heterocycles. The molecular weight excluding hydrogens is 304 g/mol. The van der Waals surface area contributed by atoms with E-state index in [1.165, 1.54) is 12.1 Å². The highest BCUT2D eigenvalue weighted by atomic mass is 16.6. The first kappa shape index (κ1) is 18.3. The maximum Gasteiger partial charge on any atom is 0.326 e. The van der Waals surface area contributed by atoms with E-state index in [9.17, 15) is 19.7 Å². The van der Waals surface area contributed by atoms with Gasteiger partial charge in [0, 0.05) is 6.07 Å². The molecule has 126 valence electrons. The molecule has 3 unspecified atom stereocenters. The second kappa shape index (κ2) is 8.06. The molecule has 0 aliphatic carbocycles. The van der Waals surface area contributed by atoms with E-state index in [4.69, 9.17) is 5.11 Å². The Morgan fingerprint density at radius 1 is 1.39 bits per heavy atom. The van der Waals surface area contributed by atoms with Crippen LogP contribution in [0.3, 0.4) is 0 Å². The number of hydrogen-bond donors (Lipinski definition) is 3. The van der Waals surface area contributed by atoms with Gasteiger partial charge in [-0.2, -0.15) is 0 Å². The fourth-order valence-electron chi connectivity index (χ4n) is 1.83. The van der Waals surface area contributed by atoms with Crippen LogP contribution in [0.5, 0.6) is 0 Å². The van der Waals surface area contributed by atoms with E-state index >= 15 is 0 Å². The van der Waals surface area contributed by atoms with Crippen molar-refractivity contribution >= 4 is 23.4 Å². The zero-order valence-corrected chi connectivity index (χ0v) is 13.1. The highest BCUT2D eigenvalue weighted by molar-refractivity contribution is 5.88. The predicted octanol–water partition coefficient (Wildman–Crippen LogP) is 1.41. The van der Waals surface area contributed by atoms with Gasteiger partial charge in [-0.15, -0.1) is 0 Å². The summed E-state index contributed by atoms with van der Waals surface area (Å²) < 4.78 is 0. The third-order valence-corrected chi connectivity index (χ3v) is 3.49. The average molecular weight is 324 g/mol. The Kier molecular flexibility index (Phi) is 6.43. The molecule has 0 spiro atoms. The van der Waals surface area contributed by atoms with Gasteiger partial charge in [0.05, 0.1) is 4.92 Å². The molecule has 23 heavy (non-hydrogen) atoms. The van der Waals surface area contributed by atoms with Gasteiger partial charge in [0.2, 0.25) is 5.91 Å². The lowest BCUT2D eigenvalue weighted by Gasteiger charge is -2.22. The molecule has 1 rings (SSSR count). The van der Waals surface area contributed by atoms with Crippen molar-refractivity contribution in [1.29, 1.82) is 0 Å². The number of carbonyl (C=O) groups is 2. The summed E-state index contributed by atoms with van der Waals surface area (Å²) in [7, 11) is 0. The number of nitrogens with zero attached hydrogens (tertiary/aromatic N) is 2. The minimum Gasteiger partial charge on any atom is -0.480 e. The summed E-state index contributed by atoms with van der Waals surface area (Å²) in [5.74, 6) is -1.50. The molecule has 0 saturated heterocycles. The molecule has 0 bridgehead atoms. The van der Waals surface area contributed by atoms with Crippen molar-refractivity contribution in [2.24, 2.45) is 5.92 Å². The zero-order chi connectivity index (χ0) is 17.6. The Labute approximate surface area is 133 Å². The number of nitrogens with one attached hydrogen (secondary N) is 2. The minimum atomic E-state index is -1.09. The van der Waals surface area contributed by atoms with Gasteiger partial charge in [0.1, 0.15) is 24.1 Å². The second-order valence-electron chi connectivity index (χ2n) is 5.23. The lowest BCUT2D eigenvalue weighted by molar-refractivity contribution is -0.385. The summed E-state index contributed by atoms with van der Waals surface area (Å²) in [5, 5.41) is 25.0. The fraction of sp³-hybridized carbons (Fsp3) is 0.500. The molecule has 0 fully saturated rings. The number of anilines is 1. The van der Waals surface area contributed by atoms with Crippen LogP contribution >= 0.6 is 0 Å². The van der Waals surface area contributed by atoms with E-state index in [2.05, 4.69) is 15.6 Å². The topological polar surface area (TPSA) is 134 Å². The summed E-state index contributed by atoms with van der Waals surface area (Å²) in [5.41, 5.74) is -0.157. The van der Waals surface area contributed by atoms with Crippen molar-refractivity contribution in [3.63, 3.8) is 0 Å². The zero-order valence-electron chi connectivity index (χ0n) is 13.1. The van der Waals surface area contributed by atoms with Gasteiger partial charge in [0.15, 0.2) is 0 Å². The van der Waals surface area contributed by atoms with Gasteiger partial charge in [-0.05, 0) is 18.9 Å². The molecule has 0 aromatic carbocycles. The number of pyridine rings is 1. The van der Waals surface area contributed by atoms with Crippen LogP contribution in [0.1, 0.15) is 27.2 Å².